The third-order valence-electron chi connectivity index (χ3n) is 7.47. The van der Waals surface area contributed by atoms with Crippen molar-refractivity contribution in [1.29, 1.82) is 0 Å². The summed E-state index contributed by atoms with van der Waals surface area (Å²) in [5.41, 5.74) is 2.51. The monoisotopic (exact) mass is 755 g/mol. The van der Waals surface area contributed by atoms with Gasteiger partial charge in [0.05, 0.1) is 28.2 Å². The number of hydrogen-bond acceptors (Lipinski definition) is 6. The van der Waals surface area contributed by atoms with Crippen molar-refractivity contribution < 1.29 is 13.9 Å². The Hall–Kier alpha value is -4.44. The van der Waals surface area contributed by atoms with Gasteiger partial charge in [0.2, 0.25) is 5.82 Å². The second-order valence-electron chi connectivity index (χ2n) is 10.4. The van der Waals surface area contributed by atoms with Gasteiger partial charge < -0.3 is 13.9 Å². The minimum atomic E-state index is -0.342. The van der Waals surface area contributed by atoms with Crippen LogP contribution in [0.2, 0.25) is 5.02 Å². The molecule has 0 spiro atoms. The number of ether oxygens (including phenoxy) is 2. The molecule has 0 amide bonds. The van der Waals surface area contributed by atoms with Crippen molar-refractivity contribution in [3.05, 3.63) is 133 Å². The molecule has 0 aliphatic heterocycles. The Morgan fingerprint density at radius 1 is 0.891 bits per heavy atom. The maximum absolute atomic E-state index is 13.8. The zero-order chi connectivity index (χ0) is 31.8. The predicted molar refractivity (Wildman–Crippen MR) is 191 cm³/mol. The van der Waals surface area contributed by atoms with Crippen LogP contribution >= 0.6 is 43.5 Å². The van der Waals surface area contributed by atoms with E-state index < -0.39 is 0 Å². The number of rotatable bonds is 8. The minimum Gasteiger partial charge on any atom is -0.490 e. The summed E-state index contributed by atoms with van der Waals surface area (Å²) in [5, 5.41) is 8.69. The van der Waals surface area contributed by atoms with E-state index in [1.807, 2.05) is 37.3 Å². The van der Waals surface area contributed by atoms with E-state index in [9.17, 15) is 4.79 Å². The van der Waals surface area contributed by atoms with Crippen molar-refractivity contribution in [3.8, 4) is 23.1 Å². The topological polar surface area (TPSA) is 78.9 Å². The van der Waals surface area contributed by atoms with Gasteiger partial charge in [0, 0.05) is 20.4 Å². The number of fused-ring (bicyclic) bond motifs is 3. The highest BCUT2D eigenvalue weighted by atomic mass is 79.9. The molecular formula is C36H24Br2ClN3O4. The van der Waals surface area contributed by atoms with E-state index in [4.69, 9.17) is 30.5 Å². The summed E-state index contributed by atoms with van der Waals surface area (Å²) in [7, 11) is 0. The van der Waals surface area contributed by atoms with E-state index in [1.54, 1.807) is 48.7 Å². The first-order chi connectivity index (χ1) is 22.4. The third kappa shape index (κ3) is 5.70. The summed E-state index contributed by atoms with van der Waals surface area (Å²) in [5.74, 6) is 1.70. The first-order valence-corrected chi connectivity index (χ1v) is 16.4. The van der Waals surface area contributed by atoms with Gasteiger partial charge in [-0.3, -0.25) is 4.79 Å². The lowest BCUT2D eigenvalue weighted by Crippen LogP contribution is -2.20. The molecule has 0 atom stereocenters. The largest absolute Gasteiger partial charge is 0.490 e. The molecule has 0 fully saturated rings. The molecule has 0 unspecified atom stereocenters. The van der Waals surface area contributed by atoms with Gasteiger partial charge in [0.25, 0.3) is 5.56 Å². The van der Waals surface area contributed by atoms with Crippen LogP contribution in [0.25, 0.3) is 44.2 Å². The number of nitrogens with zero attached hydrogens (tertiary/aromatic N) is 3. The normalized spacial score (nSPS) is 11.7. The van der Waals surface area contributed by atoms with Crippen molar-refractivity contribution in [2.45, 2.75) is 13.5 Å². The van der Waals surface area contributed by atoms with Gasteiger partial charge >= 0.3 is 0 Å². The van der Waals surface area contributed by atoms with E-state index in [2.05, 4.69) is 61.2 Å². The van der Waals surface area contributed by atoms with Crippen molar-refractivity contribution in [2.24, 2.45) is 5.10 Å². The summed E-state index contributed by atoms with van der Waals surface area (Å²) >= 11 is 13.6. The summed E-state index contributed by atoms with van der Waals surface area (Å²) in [4.78, 5) is 18.6. The van der Waals surface area contributed by atoms with Crippen molar-refractivity contribution >= 4 is 82.3 Å². The quantitative estimate of drug-likeness (QED) is 0.144. The number of halogens is 3. The van der Waals surface area contributed by atoms with E-state index in [-0.39, 0.29) is 11.4 Å². The van der Waals surface area contributed by atoms with Gasteiger partial charge in [0.1, 0.15) is 12.2 Å². The van der Waals surface area contributed by atoms with Crippen LogP contribution in [0, 0.1) is 0 Å². The number of hydrogen-bond donors (Lipinski definition) is 0. The summed E-state index contributed by atoms with van der Waals surface area (Å²) in [6.45, 7) is 2.67. The molecule has 0 aliphatic carbocycles. The van der Waals surface area contributed by atoms with Crippen molar-refractivity contribution in [3.63, 3.8) is 0 Å². The summed E-state index contributed by atoms with van der Waals surface area (Å²) in [6, 6.07) is 30.4. The van der Waals surface area contributed by atoms with E-state index >= 15 is 0 Å². The number of para-hydroxylation sites is 1. The molecule has 7 rings (SSSR count). The molecule has 0 aliphatic rings. The molecule has 7 nitrogen and oxygen atoms in total. The first kappa shape index (κ1) is 30.2. The SMILES string of the molecule is CCOc1cc(C=Nn2c(-c3cc4cc(Cl)ccc4o3)nc3ccccc3c2=O)c(Br)c(Br)c1OCc1cccc2ccccc12. The fourth-order valence-corrected chi connectivity index (χ4v) is 6.42. The molecule has 0 saturated carbocycles. The molecule has 5 aromatic carbocycles. The summed E-state index contributed by atoms with van der Waals surface area (Å²) < 4.78 is 21.0. The standard InChI is InChI=1S/C36H24Br2ClN3O4/c1-2-44-30-18-24(32(37)33(38)34(30)45-20-22-10-7-9-21-8-3-4-11-26(21)22)19-40-42-35(41-28-13-6-5-12-27(28)36(42)43)31-17-23-16-25(39)14-15-29(23)46-31/h3-19H,2,20H2,1H3. The second kappa shape index (κ2) is 12.7. The Morgan fingerprint density at radius 2 is 1.67 bits per heavy atom. The van der Waals surface area contributed by atoms with Crippen molar-refractivity contribution in [2.75, 3.05) is 6.61 Å². The number of furan rings is 1. The zero-order valence-electron chi connectivity index (χ0n) is 24.3. The average Bonchev–Trinajstić information content (AvgIpc) is 3.49. The average molecular weight is 758 g/mol. The third-order valence-corrected chi connectivity index (χ3v) is 9.85. The summed E-state index contributed by atoms with van der Waals surface area (Å²) in [6.07, 6.45) is 1.58. The van der Waals surface area contributed by atoms with Gasteiger partial charge in [-0.25, -0.2) is 4.98 Å². The highest BCUT2D eigenvalue weighted by Crippen LogP contribution is 2.43. The molecule has 2 aromatic heterocycles. The van der Waals surface area contributed by atoms with Crippen LogP contribution in [0.4, 0.5) is 0 Å². The molecule has 10 heteroatoms. The van der Waals surface area contributed by atoms with Gasteiger partial charge in [0.15, 0.2) is 17.3 Å². The molecule has 7 aromatic rings. The van der Waals surface area contributed by atoms with E-state index in [1.165, 1.54) is 4.68 Å². The van der Waals surface area contributed by atoms with E-state index in [0.717, 1.165) is 21.7 Å². The van der Waals surface area contributed by atoms with Crippen LogP contribution in [-0.2, 0) is 6.61 Å². The lowest BCUT2D eigenvalue weighted by atomic mass is 10.1. The second-order valence-corrected chi connectivity index (χ2v) is 12.4. The fraction of sp³-hybridized carbons (Fsp3) is 0.0833. The molecule has 0 radical (unpaired) electrons. The number of aromatic nitrogens is 2. The Labute approximate surface area is 285 Å². The van der Waals surface area contributed by atoms with Crippen LogP contribution in [0.1, 0.15) is 18.1 Å². The highest BCUT2D eigenvalue weighted by molar-refractivity contribution is 9.13. The van der Waals surface area contributed by atoms with Crippen LogP contribution in [0.15, 0.2) is 120 Å². The number of benzene rings is 5. The van der Waals surface area contributed by atoms with Crippen LogP contribution in [-0.4, -0.2) is 22.5 Å². The van der Waals surface area contributed by atoms with Gasteiger partial charge in [-0.2, -0.15) is 9.78 Å². The Balaban J connectivity index is 1.30. The fourth-order valence-electron chi connectivity index (χ4n) is 5.30. The van der Waals surface area contributed by atoms with Gasteiger partial charge in [-0.1, -0.05) is 66.2 Å². The van der Waals surface area contributed by atoms with Crippen LogP contribution in [0.3, 0.4) is 0 Å². The molecular weight excluding hydrogens is 734 g/mol. The molecule has 2 heterocycles. The highest BCUT2D eigenvalue weighted by Gasteiger charge is 2.20. The predicted octanol–water partition coefficient (Wildman–Crippen LogP) is 10.0. The van der Waals surface area contributed by atoms with Gasteiger partial charge in [-0.15, -0.1) is 0 Å². The maximum Gasteiger partial charge on any atom is 0.282 e. The molecule has 228 valence electrons. The minimum absolute atomic E-state index is 0.252. The van der Waals surface area contributed by atoms with Crippen LogP contribution < -0.4 is 15.0 Å². The lowest BCUT2D eigenvalue weighted by molar-refractivity contribution is 0.268. The van der Waals surface area contributed by atoms with Crippen LogP contribution in [0.5, 0.6) is 11.5 Å². The Kier molecular flexibility index (Phi) is 8.38. The maximum atomic E-state index is 13.8. The lowest BCUT2D eigenvalue weighted by Gasteiger charge is -2.17. The first-order valence-electron chi connectivity index (χ1n) is 14.4. The van der Waals surface area contributed by atoms with Gasteiger partial charge in [-0.05, 0) is 97.6 Å². The molecule has 0 saturated heterocycles. The zero-order valence-corrected chi connectivity index (χ0v) is 28.3. The Bertz CT molecular complexity index is 2360. The van der Waals surface area contributed by atoms with Crippen molar-refractivity contribution in [1.82, 2.24) is 9.66 Å². The van der Waals surface area contributed by atoms with E-state index in [0.29, 0.717) is 66.5 Å². The Morgan fingerprint density at radius 3 is 2.52 bits per heavy atom. The smallest absolute Gasteiger partial charge is 0.282 e. The molecule has 0 N–H and O–H groups in total. The molecule has 46 heavy (non-hydrogen) atoms. The molecule has 0 bridgehead atoms.